The van der Waals surface area contributed by atoms with E-state index in [9.17, 15) is 18.4 Å². The summed E-state index contributed by atoms with van der Waals surface area (Å²) < 4.78 is 23.1. The first-order valence-corrected chi connectivity index (χ1v) is 10.1. The van der Waals surface area contributed by atoms with Crippen LogP contribution in [0.2, 0.25) is 0 Å². The number of rotatable bonds is 6. The van der Waals surface area contributed by atoms with Gasteiger partial charge in [-0.2, -0.15) is 0 Å². The molecule has 9 heteroatoms. The van der Waals surface area contributed by atoms with Crippen LogP contribution in [0.5, 0.6) is 0 Å². The fourth-order valence-electron chi connectivity index (χ4n) is 3.07. The van der Waals surface area contributed by atoms with Crippen molar-refractivity contribution in [3.8, 4) is 0 Å². The van der Waals surface area contributed by atoms with Gasteiger partial charge in [0.15, 0.2) is 0 Å². The molecule has 1 heterocycles. The molecule has 0 saturated heterocycles. The van der Waals surface area contributed by atoms with Crippen LogP contribution in [-0.4, -0.2) is 37.9 Å². The normalized spacial score (nSPS) is 17.1. The summed E-state index contributed by atoms with van der Waals surface area (Å²) in [6.07, 6.45) is -0.0485. The molecular formula is C19H21N3O5S. The number of hydroxylamine groups is 2. The third kappa shape index (κ3) is 4.23. The summed E-state index contributed by atoms with van der Waals surface area (Å²) in [5, 5.41) is 18.8. The highest BCUT2D eigenvalue weighted by atomic mass is 32.2. The molecule has 1 atom stereocenters. The topological polar surface area (TPSA) is 122 Å². The number of nitrogens with one attached hydrogen (secondary N) is 1. The average molecular weight is 403 g/mol. The number of hydrogen-bond donors (Lipinski definition) is 3. The summed E-state index contributed by atoms with van der Waals surface area (Å²) in [5.41, 5.74) is 2.46. The van der Waals surface area contributed by atoms with Crippen LogP contribution in [0.25, 0.3) is 11.3 Å². The summed E-state index contributed by atoms with van der Waals surface area (Å²) in [6, 6.07) is 15.2. The van der Waals surface area contributed by atoms with E-state index in [4.69, 9.17) is 9.98 Å². The van der Waals surface area contributed by atoms with E-state index in [1.807, 2.05) is 30.3 Å². The highest BCUT2D eigenvalue weighted by Crippen LogP contribution is 2.40. The van der Waals surface area contributed by atoms with E-state index >= 15 is 0 Å². The zero-order valence-electron chi connectivity index (χ0n) is 15.2. The Kier molecular flexibility index (Phi) is 5.80. The van der Waals surface area contributed by atoms with Crippen LogP contribution in [0, 0.1) is 0 Å². The molecule has 1 amide bonds. The molecule has 148 valence electrons. The van der Waals surface area contributed by atoms with E-state index in [1.54, 1.807) is 19.2 Å². The van der Waals surface area contributed by atoms with Gasteiger partial charge in [-0.3, -0.25) is 10.0 Å². The predicted octanol–water partition coefficient (Wildman–Crippen LogP) is 1.73. The van der Waals surface area contributed by atoms with Crippen molar-refractivity contribution < 1.29 is 23.3 Å². The maximum absolute atomic E-state index is 11.7. The maximum Gasteiger partial charge on any atom is 0.238 e. The second-order valence-electron chi connectivity index (χ2n) is 6.28. The summed E-state index contributed by atoms with van der Waals surface area (Å²) in [7, 11) is -2.27. The van der Waals surface area contributed by atoms with E-state index in [-0.39, 0.29) is 17.2 Å². The zero-order valence-corrected chi connectivity index (χ0v) is 16.0. The van der Waals surface area contributed by atoms with E-state index in [0.29, 0.717) is 28.5 Å². The Labute approximate surface area is 163 Å². The first kappa shape index (κ1) is 20.0. The standard InChI is InChI=1S/C19H21N3O5S/c1-21-17(23)12-11-16-18(13-7-9-15(10-8-13)28(20,25)26)19(22(24)27-16)14-5-3-2-4-6-14/h2-10,16,24H,11-12H2,1H3,(H,21,23)(H2,20,25,26). The van der Waals surface area contributed by atoms with Gasteiger partial charge in [-0.1, -0.05) is 42.5 Å². The van der Waals surface area contributed by atoms with Gasteiger partial charge in [-0.15, -0.1) is 5.23 Å². The second kappa shape index (κ2) is 8.11. The number of benzene rings is 2. The molecule has 2 aromatic carbocycles. The van der Waals surface area contributed by atoms with Crippen LogP contribution in [-0.2, 0) is 19.7 Å². The van der Waals surface area contributed by atoms with E-state index in [1.165, 1.54) is 12.1 Å². The molecule has 0 radical (unpaired) electrons. The molecule has 1 aliphatic heterocycles. The molecular weight excluding hydrogens is 382 g/mol. The lowest BCUT2D eigenvalue weighted by Crippen LogP contribution is -2.22. The molecule has 0 aliphatic carbocycles. The van der Waals surface area contributed by atoms with E-state index in [2.05, 4.69) is 5.32 Å². The van der Waals surface area contributed by atoms with E-state index in [0.717, 1.165) is 5.56 Å². The van der Waals surface area contributed by atoms with Crippen molar-refractivity contribution in [2.75, 3.05) is 7.05 Å². The van der Waals surface area contributed by atoms with Crippen molar-refractivity contribution in [1.29, 1.82) is 0 Å². The van der Waals surface area contributed by atoms with Gasteiger partial charge in [0, 0.05) is 24.6 Å². The molecule has 1 aliphatic rings. The number of sulfonamides is 1. The zero-order chi connectivity index (χ0) is 20.3. The minimum Gasteiger partial charge on any atom is -0.359 e. The molecule has 0 saturated carbocycles. The number of primary sulfonamides is 1. The molecule has 1 unspecified atom stereocenters. The Bertz CT molecular complexity index is 988. The molecule has 0 spiro atoms. The Balaban J connectivity index is 2.07. The van der Waals surface area contributed by atoms with Gasteiger partial charge >= 0.3 is 0 Å². The number of carbonyl (C=O) groups excluding carboxylic acids is 1. The van der Waals surface area contributed by atoms with Crippen LogP contribution in [0.1, 0.15) is 24.0 Å². The Morgan fingerprint density at radius 1 is 1.14 bits per heavy atom. The van der Waals surface area contributed by atoms with Crippen molar-refractivity contribution in [3.05, 3.63) is 65.7 Å². The van der Waals surface area contributed by atoms with Crippen LogP contribution in [0.4, 0.5) is 0 Å². The number of carbonyl (C=O) groups is 1. The Morgan fingerprint density at radius 3 is 2.36 bits per heavy atom. The minimum atomic E-state index is -3.82. The largest absolute Gasteiger partial charge is 0.359 e. The number of amides is 1. The van der Waals surface area contributed by atoms with Crippen molar-refractivity contribution in [2.45, 2.75) is 23.8 Å². The highest BCUT2D eigenvalue weighted by molar-refractivity contribution is 7.89. The highest BCUT2D eigenvalue weighted by Gasteiger charge is 2.34. The predicted molar refractivity (Wildman–Crippen MR) is 103 cm³/mol. The lowest BCUT2D eigenvalue weighted by molar-refractivity contribution is -0.297. The summed E-state index contributed by atoms with van der Waals surface area (Å²) >= 11 is 0. The molecule has 4 N–H and O–H groups in total. The van der Waals surface area contributed by atoms with Crippen molar-refractivity contribution in [2.24, 2.45) is 5.14 Å². The monoisotopic (exact) mass is 403 g/mol. The molecule has 28 heavy (non-hydrogen) atoms. The smallest absolute Gasteiger partial charge is 0.238 e. The lowest BCUT2D eigenvalue weighted by Gasteiger charge is -2.14. The quantitative estimate of drug-likeness (QED) is 0.675. The molecule has 3 rings (SSSR count). The SMILES string of the molecule is CNC(=O)CCC1ON(O)C(c2ccccc2)=C1c1ccc(S(N)(=O)=O)cc1. The maximum atomic E-state index is 11.7. The van der Waals surface area contributed by atoms with Gasteiger partial charge in [-0.05, 0) is 24.1 Å². The molecule has 0 fully saturated rings. The first-order valence-electron chi connectivity index (χ1n) is 8.60. The molecule has 2 aromatic rings. The second-order valence-corrected chi connectivity index (χ2v) is 7.84. The van der Waals surface area contributed by atoms with Crippen molar-refractivity contribution in [3.63, 3.8) is 0 Å². The summed E-state index contributed by atoms with van der Waals surface area (Å²) in [4.78, 5) is 17.2. The van der Waals surface area contributed by atoms with Crippen molar-refractivity contribution in [1.82, 2.24) is 10.5 Å². The molecule has 0 aromatic heterocycles. The van der Waals surface area contributed by atoms with E-state index < -0.39 is 16.1 Å². The number of nitrogens with two attached hydrogens (primary N) is 1. The number of nitrogens with zero attached hydrogens (tertiary/aromatic N) is 1. The Morgan fingerprint density at radius 2 is 1.79 bits per heavy atom. The summed E-state index contributed by atoms with van der Waals surface area (Å²) in [6.45, 7) is 0. The van der Waals surface area contributed by atoms with Gasteiger partial charge in [-0.25, -0.2) is 18.4 Å². The van der Waals surface area contributed by atoms with Crippen LogP contribution >= 0.6 is 0 Å². The van der Waals surface area contributed by atoms with Gasteiger partial charge in [0.2, 0.25) is 15.9 Å². The molecule has 8 nitrogen and oxygen atoms in total. The number of hydrogen-bond acceptors (Lipinski definition) is 6. The van der Waals surface area contributed by atoms with Crippen LogP contribution in [0.3, 0.4) is 0 Å². The fraction of sp³-hybridized carbons (Fsp3) is 0.211. The minimum absolute atomic E-state index is 0.0141. The molecule has 0 bridgehead atoms. The average Bonchev–Trinajstić information content (AvgIpc) is 3.02. The van der Waals surface area contributed by atoms with Gasteiger partial charge < -0.3 is 5.32 Å². The van der Waals surface area contributed by atoms with Crippen LogP contribution < -0.4 is 10.5 Å². The third-order valence-electron chi connectivity index (χ3n) is 4.45. The van der Waals surface area contributed by atoms with Gasteiger partial charge in [0.1, 0.15) is 11.8 Å². The van der Waals surface area contributed by atoms with Crippen molar-refractivity contribution >= 4 is 27.2 Å². The Hall–Kier alpha value is -2.72. The van der Waals surface area contributed by atoms with Crippen LogP contribution in [0.15, 0.2) is 59.5 Å². The fourth-order valence-corrected chi connectivity index (χ4v) is 3.59. The van der Waals surface area contributed by atoms with Gasteiger partial charge in [0.05, 0.1) is 4.90 Å². The van der Waals surface area contributed by atoms with Gasteiger partial charge in [0.25, 0.3) is 0 Å². The summed E-state index contributed by atoms with van der Waals surface area (Å²) in [5.74, 6) is -0.148. The first-order chi connectivity index (χ1) is 13.3. The lowest BCUT2D eigenvalue weighted by atomic mass is 9.93. The third-order valence-corrected chi connectivity index (χ3v) is 5.38.